The summed E-state index contributed by atoms with van der Waals surface area (Å²) in [6.45, 7) is 2.95. The van der Waals surface area contributed by atoms with Gasteiger partial charge in [-0.1, -0.05) is 54.1 Å². The first-order chi connectivity index (χ1) is 12.7. The Balaban J connectivity index is 1.69. The highest BCUT2D eigenvalue weighted by atomic mass is 35.5. The molecule has 0 amide bonds. The molecule has 5 rings (SSSR count). The summed E-state index contributed by atoms with van der Waals surface area (Å²) in [6, 6.07) is 21.1. The topological polar surface area (TPSA) is 29.9 Å². The minimum Gasteiger partial charge on any atom is -0.369 e. The fourth-order valence-corrected chi connectivity index (χ4v) is 3.82. The molecule has 26 heavy (non-hydrogen) atoms. The molecule has 0 bridgehead atoms. The van der Waals surface area contributed by atoms with Gasteiger partial charge in [-0.15, -0.1) is 0 Å². The van der Waals surface area contributed by atoms with Gasteiger partial charge in [0.2, 0.25) is 0 Å². The van der Waals surface area contributed by atoms with E-state index in [1.807, 2.05) is 23.7 Å². The van der Waals surface area contributed by atoms with Gasteiger partial charge >= 0.3 is 0 Å². The van der Waals surface area contributed by atoms with Crippen LogP contribution in [0.25, 0.3) is 27.7 Å². The van der Waals surface area contributed by atoms with Crippen LogP contribution in [0.15, 0.2) is 60.7 Å². The Morgan fingerprint density at radius 1 is 1.00 bits per heavy atom. The number of aryl methyl sites for hydroxylation is 1. The van der Waals surface area contributed by atoms with Gasteiger partial charge in [0.05, 0.1) is 11.4 Å². The first kappa shape index (κ1) is 15.5. The molecule has 4 heteroatoms. The van der Waals surface area contributed by atoms with Crippen molar-refractivity contribution in [1.82, 2.24) is 9.78 Å². The van der Waals surface area contributed by atoms with Crippen molar-refractivity contribution >= 4 is 28.2 Å². The van der Waals surface area contributed by atoms with Crippen LogP contribution in [-0.2, 0) is 6.42 Å². The highest BCUT2D eigenvalue weighted by Gasteiger charge is 2.24. The number of hydrogen-bond acceptors (Lipinski definition) is 2. The van der Waals surface area contributed by atoms with Gasteiger partial charge in [-0.3, -0.25) is 0 Å². The third-order valence-electron chi connectivity index (χ3n) is 5.07. The number of nitrogens with zero attached hydrogens (tertiary/aromatic N) is 2. The van der Waals surface area contributed by atoms with E-state index >= 15 is 0 Å². The summed E-state index contributed by atoms with van der Waals surface area (Å²) < 4.78 is 1.98. The van der Waals surface area contributed by atoms with Gasteiger partial charge < -0.3 is 5.32 Å². The molecule has 0 radical (unpaired) electrons. The van der Waals surface area contributed by atoms with Crippen LogP contribution in [0.4, 0.5) is 5.82 Å². The summed E-state index contributed by atoms with van der Waals surface area (Å²) in [6.07, 6.45) is 0.983. The van der Waals surface area contributed by atoms with Crippen molar-refractivity contribution in [3.63, 3.8) is 0 Å². The zero-order valence-electron chi connectivity index (χ0n) is 14.5. The quantitative estimate of drug-likeness (QED) is 0.503. The van der Waals surface area contributed by atoms with Crippen LogP contribution < -0.4 is 5.32 Å². The number of rotatable bonds is 2. The van der Waals surface area contributed by atoms with Crippen molar-refractivity contribution in [1.29, 1.82) is 0 Å². The zero-order valence-corrected chi connectivity index (χ0v) is 15.2. The molecular weight excluding hydrogens is 342 g/mol. The van der Waals surface area contributed by atoms with Crippen LogP contribution in [0.2, 0.25) is 5.02 Å². The third kappa shape index (κ3) is 2.39. The van der Waals surface area contributed by atoms with E-state index in [0.717, 1.165) is 46.3 Å². The highest BCUT2D eigenvalue weighted by Crippen LogP contribution is 2.36. The van der Waals surface area contributed by atoms with E-state index in [1.165, 1.54) is 16.3 Å². The Morgan fingerprint density at radius 2 is 1.85 bits per heavy atom. The van der Waals surface area contributed by atoms with Crippen LogP contribution in [0.1, 0.15) is 11.1 Å². The molecule has 1 aliphatic heterocycles. The van der Waals surface area contributed by atoms with Gasteiger partial charge in [0.1, 0.15) is 5.82 Å². The number of hydrogen-bond donors (Lipinski definition) is 1. The Bertz CT molecular complexity index is 1140. The smallest absolute Gasteiger partial charge is 0.133 e. The van der Waals surface area contributed by atoms with Gasteiger partial charge in [-0.05, 0) is 47.9 Å². The number of aromatic nitrogens is 2. The average molecular weight is 360 g/mol. The minimum absolute atomic E-state index is 0.761. The molecule has 1 aliphatic rings. The molecule has 2 heterocycles. The monoisotopic (exact) mass is 359 g/mol. The van der Waals surface area contributed by atoms with E-state index < -0.39 is 0 Å². The first-order valence-corrected chi connectivity index (χ1v) is 9.20. The second kappa shape index (κ2) is 5.89. The van der Waals surface area contributed by atoms with Crippen molar-refractivity contribution in [2.24, 2.45) is 0 Å². The Labute approximate surface area is 157 Å². The summed E-state index contributed by atoms with van der Waals surface area (Å²) in [4.78, 5) is 0. The molecule has 0 aliphatic carbocycles. The predicted molar refractivity (Wildman–Crippen MR) is 108 cm³/mol. The van der Waals surface area contributed by atoms with Gasteiger partial charge in [0, 0.05) is 22.7 Å². The van der Waals surface area contributed by atoms with E-state index in [1.54, 1.807) is 0 Å². The zero-order chi connectivity index (χ0) is 17.7. The van der Waals surface area contributed by atoms with Gasteiger partial charge in [-0.25, -0.2) is 4.68 Å². The molecule has 128 valence electrons. The number of anilines is 1. The molecule has 0 spiro atoms. The average Bonchev–Trinajstić information content (AvgIpc) is 3.26. The Morgan fingerprint density at radius 3 is 2.69 bits per heavy atom. The third-order valence-corrected chi connectivity index (χ3v) is 5.48. The van der Waals surface area contributed by atoms with E-state index in [4.69, 9.17) is 16.7 Å². The molecule has 1 aromatic heterocycles. The standard InChI is InChI=1S/C22H18ClN3/c1-14-6-9-18(13-20(14)23)26-22-19(10-11-24-22)21(25-26)17-8-7-15-4-2-3-5-16(15)12-17/h2-9,12-13,24H,10-11H2,1H3. The Hall–Kier alpha value is -2.78. The molecule has 0 saturated heterocycles. The molecule has 3 aromatic carbocycles. The summed E-state index contributed by atoms with van der Waals surface area (Å²) in [7, 11) is 0. The van der Waals surface area contributed by atoms with Gasteiger partial charge in [0.15, 0.2) is 0 Å². The van der Waals surface area contributed by atoms with Gasteiger partial charge in [-0.2, -0.15) is 5.10 Å². The summed E-state index contributed by atoms with van der Waals surface area (Å²) >= 11 is 6.34. The number of nitrogens with one attached hydrogen (secondary N) is 1. The molecule has 0 fully saturated rings. The minimum atomic E-state index is 0.761. The fraction of sp³-hybridized carbons (Fsp3) is 0.136. The van der Waals surface area contributed by atoms with E-state index in [9.17, 15) is 0 Å². The molecule has 3 nitrogen and oxygen atoms in total. The van der Waals surface area contributed by atoms with Gasteiger partial charge in [0.25, 0.3) is 0 Å². The second-order valence-corrected chi connectivity index (χ2v) is 7.17. The maximum absolute atomic E-state index is 6.34. The van der Waals surface area contributed by atoms with Crippen LogP contribution in [0.3, 0.4) is 0 Å². The number of benzene rings is 3. The van der Waals surface area contributed by atoms with Crippen LogP contribution in [0.5, 0.6) is 0 Å². The summed E-state index contributed by atoms with van der Waals surface area (Å²) in [5, 5.41) is 11.7. The van der Waals surface area contributed by atoms with Crippen molar-refractivity contribution < 1.29 is 0 Å². The van der Waals surface area contributed by atoms with Crippen LogP contribution in [0, 0.1) is 6.92 Å². The second-order valence-electron chi connectivity index (χ2n) is 6.76. The lowest BCUT2D eigenvalue weighted by molar-refractivity contribution is 0.882. The molecule has 1 N–H and O–H groups in total. The van der Waals surface area contributed by atoms with Crippen molar-refractivity contribution in [3.05, 3.63) is 76.8 Å². The van der Waals surface area contributed by atoms with E-state index in [0.29, 0.717) is 0 Å². The number of halogens is 1. The molecule has 0 saturated carbocycles. The van der Waals surface area contributed by atoms with E-state index in [-0.39, 0.29) is 0 Å². The maximum Gasteiger partial charge on any atom is 0.133 e. The van der Waals surface area contributed by atoms with Crippen LogP contribution >= 0.6 is 11.6 Å². The summed E-state index contributed by atoms with van der Waals surface area (Å²) in [5.74, 6) is 1.08. The Kier molecular flexibility index (Phi) is 3.50. The highest BCUT2D eigenvalue weighted by molar-refractivity contribution is 6.31. The largest absolute Gasteiger partial charge is 0.369 e. The van der Waals surface area contributed by atoms with Crippen molar-refractivity contribution in [2.45, 2.75) is 13.3 Å². The first-order valence-electron chi connectivity index (χ1n) is 8.82. The molecule has 4 aromatic rings. The van der Waals surface area contributed by atoms with E-state index in [2.05, 4.69) is 53.8 Å². The number of fused-ring (bicyclic) bond motifs is 2. The fourth-order valence-electron chi connectivity index (χ4n) is 3.64. The lowest BCUT2D eigenvalue weighted by atomic mass is 10.0. The normalized spacial score (nSPS) is 13.0. The van der Waals surface area contributed by atoms with Crippen molar-refractivity contribution in [2.75, 3.05) is 11.9 Å². The molecular formula is C22H18ClN3. The lowest BCUT2D eigenvalue weighted by Crippen LogP contribution is -2.04. The molecule has 0 atom stereocenters. The predicted octanol–water partition coefficient (Wildman–Crippen LogP) is 5.62. The van der Waals surface area contributed by atoms with Crippen molar-refractivity contribution in [3.8, 4) is 16.9 Å². The molecule has 0 unspecified atom stereocenters. The van der Waals surface area contributed by atoms with Crippen LogP contribution in [-0.4, -0.2) is 16.3 Å². The maximum atomic E-state index is 6.34. The SMILES string of the molecule is Cc1ccc(-n2nc(-c3ccc4ccccc4c3)c3c2NCC3)cc1Cl. The summed E-state index contributed by atoms with van der Waals surface area (Å²) in [5.41, 5.74) is 5.53. The lowest BCUT2D eigenvalue weighted by Gasteiger charge is -2.08.